The quantitative estimate of drug-likeness (QED) is 0.207. The summed E-state index contributed by atoms with van der Waals surface area (Å²) in [5.41, 5.74) is 20.7. The standard InChI is InChI=1S/C17H22N4O3.C9H10N2O.C2HF3O2/c18-7-3-5-13(19)16(22)21-15(17(23)24)9-11-8-12-4-1-2-6-14(12)20-10-11;10-9(12)7-4-6-2-1-3-8(6)11-5-7;3-2(4,5)1(6)7/h1-2,4,6,8,10,13,15H,3,5,7,9,18-19H2,(H,21,22)(H,23,24);4-5H,1-3H2,(H2,10,12);(H,6,7)/t13-,15+;;/m1../s1. The summed E-state index contributed by atoms with van der Waals surface area (Å²) in [6, 6.07) is 9.49. The van der Waals surface area contributed by atoms with Crippen molar-refractivity contribution in [2.24, 2.45) is 17.2 Å². The summed E-state index contributed by atoms with van der Waals surface area (Å²) >= 11 is 0. The molecule has 0 unspecified atom stereocenters. The normalized spacial score (nSPS) is 13.3. The molecule has 9 N–H and O–H groups in total. The van der Waals surface area contributed by atoms with Crippen LogP contribution in [0.4, 0.5) is 13.2 Å². The topological polar surface area (TPSA) is 225 Å². The monoisotopic (exact) mass is 606 g/mol. The Hall–Kier alpha value is -4.63. The van der Waals surface area contributed by atoms with Gasteiger partial charge in [-0.15, -0.1) is 0 Å². The highest BCUT2D eigenvalue weighted by Gasteiger charge is 2.38. The molecule has 43 heavy (non-hydrogen) atoms. The van der Waals surface area contributed by atoms with E-state index in [2.05, 4.69) is 15.3 Å². The number of aromatic nitrogens is 2. The van der Waals surface area contributed by atoms with Crippen LogP contribution in [0.3, 0.4) is 0 Å². The van der Waals surface area contributed by atoms with Crippen LogP contribution in [0.1, 0.15) is 46.4 Å². The van der Waals surface area contributed by atoms with Crippen LogP contribution >= 0.6 is 0 Å². The van der Waals surface area contributed by atoms with Crippen molar-refractivity contribution in [1.29, 1.82) is 0 Å². The molecule has 12 nitrogen and oxygen atoms in total. The Morgan fingerprint density at radius 3 is 2.30 bits per heavy atom. The van der Waals surface area contributed by atoms with Gasteiger partial charge in [0.05, 0.1) is 17.1 Å². The highest BCUT2D eigenvalue weighted by molar-refractivity contribution is 5.92. The van der Waals surface area contributed by atoms with Crippen LogP contribution in [0.5, 0.6) is 0 Å². The van der Waals surface area contributed by atoms with E-state index in [1.807, 2.05) is 36.4 Å². The summed E-state index contributed by atoms with van der Waals surface area (Å²) in [4.78, 5) is 51.6. The number of pyridine rings is 2. The van der Waals surface area contributed by atoms with E-state index in [9.17, 15) is 32.7 Å². The molecule has 4 rings (SSSR count). The van der Waals surface area contributed by atoms with E-state index in [0.29, 0.717) is 24.9 Å². The van der Waals surface area contributed by atoms with Gasteiger partial charge in [0.25, 0.3) is 0 Å². The number of primary amides is 1. The molecule has 2 atom stereocenters. The van der Waals surface area contributed by atoms with E-state index >= 15 is 0 Å². The third kappa shape index (κ3) is 11.3. The number of halogens is 3. The lowest BCUT2D eigenvalue weighted by Crippen LogP contribution is -2.49. The van der Waals surface area contributed by atoms with Crippen LogP contribution < -0.4 is 22.5 Å². The Morgan fingerprint density at radius 1 is 1.02 bits per heavy atom. The fraction of sp³-hybridized carbons (Fsp3) is 0.357. The second-order valence-electron chi connectivity index (χ2n) is 9.53. The number of rotatable bonds is 9. The van der Waals surface area contributed by atoms with Gasteiger partial charge in [0.1, 0.15) is 6.04 Å². The van der Waals surface area contributed by atoms with Crippen LogP contribution in [0, 0.1) is 0 Å². The lowest BCUT2D eigenvalue weighted by Gasteiger charge is -2.18. The molecule has 0 saturated carbocycles. The maximum Gasteiger partial charge on any atom is 0.490 e. The molecule has 0 radical (unpaired) electrons. The number of benzene rings is 1. The van der Waals surface area contributed by atoms with Gasteiger partial charge in [0.2, 0.25) is 11.8 Å². The third-order valence-electron chi connectivity index (χ3n) is 6.20. The Bertz CT molecular complexity index is 1440. The van der Waals surface area contributed by atoms with Crippen molar-refractivity contribution in [3.05, 3.63) is 71.2 Å². The molecule has 0 aliphatic heterocycles. The number of carboxylic acid groups (broad SMARTS) is 2. The maximum atomic E-state index is 12.0. The molecule has 0 bridgehead atoms. The van der Waals surface area contributed by atoms with E-state index < -0.39 is 42.0 Å². The number of carbonyl (C=O) groups excluding carboxylic acids is 2. The number of hydrogen-bond donors (Lipinski definition) is 6. The minimum Gasteiger partial charge on any atom is -0.480 e. The molecule has 0 saturated heterocycles. The second-order valence-corrected chi connectivity index (χ2v) is 9.53. The van der Waals surface area contributed by atoms with Gasteiger partial charge in [0, 0.05) is 29.9 Å². The van der Waals surface area contributed by atoms with Gasteiger partial charge >= 0.3 is 18.1 Å². The molecule has 1 aliphatic carbocycles. The molecule has 232 valence electrons. The number of amides is 2. The number of nitrogens with one attached hydrogen (secondary N) is 1. The van der Waals surface area contributed by atoms with Crippen molar-refractivity contribution in [3.8, 4) is 0 Å². The molecule has 0 fully saturated rings. The summed E-state index contributed by atoms with van der Waals surface area (Å²) in [7, 11) is 0. The SMILES string of the molecule is NC(=O)c1cnc2c(c1)CCC2.NCCC[C@@H](N)C(=O)N[C@@H](Cc1cnc2ccccc2c1)C(=O)O.O=C(O)C(F)(F)F. The number of carbonyl (C=O) groups is 4. The van der Waals surface area contributed by atoms with Gasteiger partial charge in [-0.05, 0) is 68.0 Å². The zero-order valence-electron chi connectivity index (χ0n) is 23.0. The lowest BCUT2D eigenvalue weighted by atomic mass is 10.0. The average Bonchev–Trinajstić information content (AvgIpc) is 3.43. The van der Waals surface area contributed by atoms with Crippen LogP contribution in [0.25, 0.3) is 10.9 Å². The number of hydrogen-bond acceptors (Lipinski definition) is 8. The number of carboxylic acids is 2. The van der Waals surface area contributed by atoms with Crippen LogP contribution in [0.15, 0.2) is 48.8 Å². The lowest BCUT2D eigenvalue weighted by molar-refractivity contribution is -0.192. The van der Waals surface area contributed by atoms with Gasteiger partial charge < -0.3 is 32.7 Å². The first-order valence-corrected chi connectivity index (χ1v) is 13.1. The molecule has 2 amide bonds. The second kappa shape index (κ2) is 16.1. The number of aryl methyl sites for hydroxylation is 2. The third-order valence-corrected chi connectivity index (χ3v) is 6.20. The molecule has 1 aromatic carbocycles. The summed E-state index contributed by atoms with van der Waals surface area (Å²) in [5, 5.41) is 19.9. The number of nitrogens with two attached hydrogens (primary N) is 3. The molecule has 2 aromatic heterocycles. The Morgan fingerprint density at radius 2 is 1.70 bits per heavy atom. The zero-order valence-corrected chi connectivity index (χ0v) is 23.0. The molecule has 2 heterocycles. The Balaban J connectivity index is 0.000000279. The van der Waals surface area contributed by atoms with E-state index in [1.54, 1.807) is 12.4 Å². The predicted molar refractivity (Wildman–Crippen MR) is 150 cm³/mol. The molecular weight excluding hydrogens is 573 g/mol. The van der Waals surface area contributed by atoms with Gasteiger partial charge in [-0.25, -0.2) is 9.59 Å². The highest BCUT2D eigenvalue weighted by Crippen LogP contribution is 2.20. The van der Waals surface area contributed by atoms with E-state index in [1.165, 1.54) is 5.56 Å². The smallest absolute Gasteiger partial charge is 0.480 e. The highest BCUT2D eigenvalue weighted by atomic mass is 19.4. The number of fused-ring (bicyclic) bond motifs is 2. The Kier molecular flexibility index (Phi) is 13.0. The van der Waals surface area contributed by atoms with Crippen LogP contribution in [-0.2, 0) is 33.6 Å². The van der Waals surface area contributed by atoms with Crippen molar-refractivity contribution < 1.29 is 42.6 Å². The van der Waals surface area contributed by atoms with Crippen molar-refractivity contribution in [3.63, 3.8) is 0 Å². The van der Waals surface area contributed by atoms with Gasteiger partial charge in [-0.3, -0.25) is 19.6 Å². The fourth-order valence-electron chi connectivity index (χ4n) is 3.97. The first-order chi connectivity index (χ1) is 20.2. The minimum atomic E-state index is -5.08. The van der Waals surface area contributed by atoms with Crippen LogP contribution in [0.2, 0.25) is 0 Å². The van der Waals surface area contributed by atoms with Gasteiger partial charge in [-0.2, -0.15) is 13.2 Å². The minimum absolute atomic E-state index is 0.141. The number of aliphatic carboxylic acids is 2. The molecule has 1 aliphatic rings. The van der Waals surface area contributed by atoms with Crippen molar-refractivity contribution in [1.82, 2.24) is 15.3 Å². The number of nitrogens with zero attached hydrogens (tertiary/aromatic N) is 2. The first-order valence-electron chi connectivity index (χ1n) is 13.1. The predicted octanol–water partition coefficient (Wildman–Crippen LogP) is 1.72. The first kappa shape index (κ1) is 34.6. The summed E-state index contributed by atoms with van der Waals surface area (Å²) < 4.78 is 31.7. The van der Waals surface area contributed by atoms with Crippen molar-refractivity contribution in [2.75, 3.05) is 6.54 Å². The molecular formula is C28H33F3N6O6. The summed E-state index contributed by atoms with van der Waals surface area (Å²) in [6.45, 7) is 0.437. The van der Waals surface area contributed by atoms with Crippen LogP contribution in [-0.4, -0.2) is 68.7 Å². The maximum absolute atomic E-state index is 12.0. The van der Waals surface area contributed by atoms with Gasteiger partial charge in [-0.1, -0.05) is 18.2 Å². The number of para-hydroxylation sites is 1. The molecule has 3 aromatic rings. The molecule has 0 spiro atoms. The molecule has 15 heteroatoms. The van der Waals surface area contributed by atoms with Crippen molar-refractivity contribution >= 4 is 34.7 Å². The Labute approximate surface area is 244 Å². The largest absolute Gasteiger partial charge is 0.490 e. The van der Waals surface area contributed by atoms with Gasteiger partial charge in [0.15, 0.2) is 0 Å². The summed E-state index contributed by atoms with van der Waals surface area (Å²) in [6.07, 6.45) is 2.49. The fourth-order valence-corrected chi connectivity index (χ4v) is 3.97. The van der Waals surface area contributed by atoms with E-state index in [4.69, 9.17) is 27.1 Å². The van der Waals surface area contributed by atoms with E-state index in [0.717, 1.165) is 41.4 Å². The number of alkyl halides is 3. The van der Waals surface area contributed by atoms with Crippen molar-refractivity contribution in [2.45, 2.75) is 56.8 Å². The average molecular weight is 607 g/mol. The zero-order chi connectivity index (χ0) is 32.2. The summed E-state index contributed by atoms with van der Waals surface area (Å²) in [5.74, 6) is -4.74. The van der Waals surface area contributed by atoms with E-state index in [-0.39, 0.29) is 6.42 Å².